The second-order valence-electron chi connectivity index (χ2n) is 9.42. The van der Waals surface area contributed by atoms with Crippen LogP contribution in [-0.2, 0) is 15.3 Å². The lowest BCUT2D eigenvalue weighted by Gasteiger charge is -2.29. The maximum Gasteiger partial charge on any atom is 0.192 e. The molecule has 2 heterocycles. The van der Waals surface area contributed by atoms with Crippen molar-refractivity contribution in [2.24, 2.45) is 0 Å². The molecule has 0 aliphatic carbocycles. The summed E-state index contributed by atoms with van der Waals surface area (Å²) in [7, 11) is 0. The van der Waals surface area contributed by atoms with Gasteiger partial charge in [-0.2, -0.15) is 0 Å². The standard InChI is InChI=1S/C12H15FN2O.C10H10BrFO2.C8H6BrFO/c1-9(16)10-2-3-11(13)12(8-10)15-6-4-14-5-7-15;1-10(13-4-5-14-10)7-2-3-9(12)8(11)6-7;1-5(11)6-2-3-8(10)7(9)4-6/h2-3,8,14H,4-7H2,1H3;2-3,6H,4-5H2,1H3;2-4H,1H3. The van der Waals surface area contributed by atoms with Gasteiger partial charge < -0.3 is 19.7 Å². The molecule has 3 aromatic carbocycles. The zero-order valence-corrected chi connectivity index (χ0v) is 26.1. The molecule has 5 rings (SSSR count). The van der Waals surface area contributed by atoms with Crippen LogP contribution in [0.4, 0.5) is 18.9 Å². The van der Waals surface area contributed by atoms with Crippen LogP contribution in [0.15, 0.2) is 63.5 Å². The molecule has 0 radical (unpaired) electrons. The van der Waals surface area contributed by atoms with E-state index in [-0.39, 0.29) is 29.0 Å². The fourth-order valence-corrected chi connectivity index (χ4v) is 4.81. The first-order valence-electron chi connectivity index (χ1n) is 12.9. The third kappa shape index (κ3) is 9.21. The number of anilines is 1. The zero-order valence-electron chi connectivity index (χ0n) is 22.9. The number of nitrogens with one attached hydrogen (secondary N) is 1. The van der Waals surface area contributed by atoms with Crippen LogP contribution in [0.5, 0.6) is 0 Å². The lowest BCUT2D eigenvalue weighted by Crippen LogP contribution is -2.43. The van der Waals surface area contributed by atoms with E-state index in [1.165, 1.54) is 50.2 Å². The summed E-state index contributed by atoms with van der Waals surface area (Å²) >= 11 is 6.12. The number of halogens is 5. The molecule has 0 aromatic heterocycles. The first-order chi connectivity index (χ1) is 19.4. The largest absolute Gasteiger partial charge is 0.367 e. The van der Waals surface area contributed by atoms with Crippen molar-refractivity contribution in [1.82, 2.24) is 5.32 Å². The Morgan fingerprint density at radius 2 is 1.27 bits per heavy atom. The normalized spacial score (nSPS) is 15.8. The number of ether oxygens (including phenoxy) is 2. The van der Waals surface area contributed by atoms with Crippen LogP contribution in [-0.4, -0.2) is 51.0 Å². The van der Waals surface area contributed by atoms with Crippen molar-refractivity contribution in [3.8, 4) is 0 Å². The minimum Gasteiger partial charge on any atom is -0.367 e. The highest BCUT2D eigenvalue weighted by molar-refractivity contribution is 9.10. The molecule has 11 heteroatoms. The Labute approximate surface area is 254 Å². The van der Waals surface area contributed by atoms with Crippen LogP contribution in [0.25, 0.3) is 0 Å². The van der Waals surface area contributed by atoms with E-state index < -0.39 is 5.79 Å². The fraction of sp³-hybridized carbons (Fsp3) is 0.333. The monoisotopic (exact) mass is 698 g/mol. The van der Waals surface area contributed by atoms with E-state index in [0.29, 0.717) is 39.0 Å². The van der Waals surface area contributed by atoms with Gasteiger partial charge in [0.15, 0.2) is 17.4 Å². The molecule has 2 saturated heterocycles. The van der Waals surface area contributed by atoms with E-state index in [1.54, 1.807) is 18.2 Å². The molecule has 6 nitrogen and oxygen atoms in total. The van der Waals surface area contributed by atoms with E-state index in [0.717, 1.165) is 31.7 Å². The van der Waals surface area contributed by atoms with Crippen molar-refractivity contribution in [3.05, 3.63) is 97.7 Å². The molecule has 220 valence electrons. The Morgan fingerprint density at radius 1 is 0.780 bits per heavy atom. The molecule has 2 aliphatic rings. The van der Waals surface area contributed by atoms with E-state index in [2.05, 4.69) is 37.2 Å². The highest BCUT2D eigenvalue weighted by atomic mass is 79.9. The third-order valence-electron chi connectivity index (χ3n) is 6.42. The molecular weight excluding hydrogens is 669 g/mol. The van der Waals surface area contributed by atoms with Gasteiger partial charge in [0.05, 0.1) is 27.8 Å². The molecule has 2 fully saturated rings. The number of carbonyl (C=O) groups excluding carboxylic acids is 2. The molecule has 41 heavy (non-hydrogen) atoms. The average Bonchev–Trinajstić information content (AvgIpc) is 3.40. The van der Waals surface area contributed by atoms with Gasteiger partial charge in [-0.15, -0.1) is 0 Å². The van der Waals surface area contributed by atoms with E-state index in [4.69, 9.17) is 9.47 Å². The summed E-state index contributed by atoms with van der Waals surface area (Å²) in [4.78, 5) is 24.0. The fourth-order valence-electron chi connectivity index (χ4n) is 4.05. The highest BCUT2D eigenvalue weighted by Gasteiger charge is 2.33. The lowest BCUT2D eigenvalue weighted by molar-refractivity contribution is -0.149. The third-order valence-corrected chi connectivity index (χ3v) is 7.63. The smallest absolute Gasteiger partial charge is 0.192 e. The second kappa shape index (κ2) is 15.1. The Kier molecular flexibility index (Phi) is 12.1. The second-order valence-corrected chi connectivity index (χ2v) is 11.1. The van der Waals surface area contributed by atoms with Crippen LogP contribution < -0.4 is 10.2 Å². The summed E-state index contributed by atoms with van der Waals surface area (Å²) in [6.45, 7) is 9.18. The maximum atomic E-state index is 13.6. The van der Waals surface area contributed by atoms with Gasteiger partial charge in [-0.25, -0.2) is 13.2 Å². The van der Waals surface area contributed by atoms with Gasteiger partial charge in [-0.05, 0) is 101 Å². The van der Waals surface area contributed by atoms with Gasteiger partial charge in [-0.3, -0.25) is 9.59 Å². The van der Waals surface area contributed by atoms with Crippen molar-refractivity contribution >= 4 is 49.1 Å². The van der Waals surface area contributed by atoms with Crippen LogP contribution >= 0.6 is 31.9 Å². The number of piperazine rings is 1. The number of nitrogens with zero attached hydrogens (tertiary/aromatic N) is 1. The average molecular weight is 700 g/mol. The predicted octanol–water partition coefficient (Wildman–Crippen LogP) is 7.04. The number of hydrogen-bond donors (Lipinski definition) is 1. The molecule has 0 bridgehead atoms. The summed E-state index contributed by atoms with van der Waals surface area (Å²) in [6, 6.07) is 13.5. The molecule has 0 atom stereocenters. The number of carbonyl (C=O) groups is 2. The zero-order chi connectivity index (χ0) is 30.2. The van der Waals surface area contributed by atoms with Crippen molar-refractivity contribution < 1.29 is 32.2 Å². The van der Waals surface area contributed by atoms with E-state index in [9.17, 15) is 22.8 Å². The molecule has 1 N–H and O–H groups in total. The van der Waals surface area contributed by atoms with Gasteiger partial charge in [0, 0.05) is 42.9 Å². The minimum atomic E-state index is -0.726. The number of hydrogen-bond acceptors (Lipinski definition) is 6. The van der Waals surface area contributed by atoms with Gasteiger partial charge in [-0.1, -0.05) is 6.07 Å². The summed E-state index contributed by atoms with van der Waals surface area (Å²) in [5.41, 5.74) is 2.44. The van der Waals surface area contributed by atoms with Crippen molar-refractivity contribution in [2.75, 3.05) is 44.3 Å². The number of Topliss-reactive ketones (excluding diaryl/α,β-unsaturated/α-hetero) is 2. The van der Waals surface area contributed by atoms with Crippen LogP contribution in [0.2, 0.25) is 0 Å². The van der Waals surface area contributed by atoms with Gasteiger partial charge in [0.2, 0.25) is 0 Å². The van der Waals surface area contributed by atoms with Gasteiger partial charge in [0.1, 0.15) is 17.5 Å². The van der Waals surface area contributed by atoms with Crippen LogP contribution in [0.1, 0.15) is 47.1 Å². The number of benzene rings is 3. The predicted molar refractivity (Wildman–Crippen MR) is 159 cm³/mol. The first-order valence-corrected chi connectivity index (χ1v) is 14.5. The highest BCUT2D eigenvalue weighted by Crippen LogP contribution is 2.32. The summed E-state index contributed by atoms with van der Waals surface area (Å²) in [6.07, 6.45) is 0. The van der Waals surface area contributed by atoms with Crippen molar-refractivity contribution in [2.45, 2.75) is 26.6 Å². The lowest BCUT2D eigenvalue weighted by atomic mass is 10.1. The van der Waals surface area contributed by atoms with Gasteiger partial charge >= 0.3 is 0 Å². The van der Waals surface area contributed by atoms with Crippen LogP contribution in [0.3, 0.4) is 0 Å². The minimum absolute atomic E-state index is 0.0311. The Morgan fingerprint density at radius 3 is 1.78 bits per heavy atom. The van der Waals surface area contributed by atoms with Crippen LogP contribution in [0, 0.1) is 17.5 Å². The number of ketones is 2. The molecule has 0 saturated carbocycles. The van der Waals surface area contributed by atoms with E-state index >= 15 is 0 Å². The Hall–Kier alpha value is -2.57. The first kappa shape index (κ1) is 32.9. The Balaban J connectivity index is 0.000000172. The summed E-state index contributed by atoms with van der Waals surface area (Å²) in [5.74, 6) is -1.71. The van der Waals surface area contributed by atoms with Gasteiger partial charge in [0.25, 0.3) is 0 Å². The molecule has 0 unspecified atom stereocenters. The molecule has 3 aromatic rings. The summed E-state index contributed by atoms with van der Waals surface area (Å²) in [5, 5.41) is 3.21. The molecule has 0 spiro atoms. The molecule has 0 amide bonds. The molecule has 2 aliphatic heterocycles. The number of rotatable bonds is 4. The SMILES string of the molecule is CC(=O)c1ccc(F)c(Br)c1.CC(=O)c1ccc(F)c(N2CCNCC2)c1.CC1(c2ccc(F)c(Br)c2)OCCO1. The van der Waals surface area contributed by atoms with Crippen molar-refractivity contribution in [3.63, 3.8) is 0 Å². The summed E-state index contributed by atoms with van der Waals surface area (Å²) < 4.78 is 50.9. The van der Waals surface area contributed by atoms with Crippen molar-refractivity contribution in [1.29, 1.82) is 0 Å². The topological polar surface area (TPSA) is 67.9 Å². The maximum absolute atomic E-state index is 13.6. The van der Waals surface area contributed by atoms with E-state index in [1.807, 2.05) is 11.8 Å². The quantitative estimate of drug-likeness (QED) is 0.295. The Bertz CT molecular complexity index is 1380. The molecular formula is C30H31Br2F3N2O4.